The van der Waals surface area contributed by atoms with E-state index >= 15 is 0 Å². The molecule has 0 heterocycles. The molecule has 0 aliphatic heterocycles. The van der Waals surface area contributed by atoms with E-state index in [0.29, 0.717) is 5.71 Å². The summed E-state index contributed by atoms with van der Waals surface area (Å²) in [5, 5.41) is 14.3. The van der Waals surface area contributed by atoms with Gasteiger partial charge in [0, 0.05) is 12.1 Å². The maximum atomic E-state index is 11.8. The number of allylic oxidation sites excluding steroid dienone is 1. The van der Waals surface area contributed by atoms with Crippen LogP contribution >= 0.6 is 0 Å². The maximum absolute atomic E-state index is 11.8. The van der Waals surface area contributed by atoms with Crippen molar-refractivity contribution in [1.82, 2.24) is 0 Å². The van der Waals surface area contributed by atoms with Crippen molar-refractivity contribution in [3.8, 4) is 0 Å². The molecule has 2 rings (SSSR count). The number of non-ortho nitro benzene ring substituents is 1. The highest BCUT2D eigenvalue weighted by molar-refractivity contribution is 5.97. The van der Waals surface area contributed by atoms with E-state index in [2.05, 4.69) is 5.16 Å². The molecule has 0 atom stereocenters. The zero-order valence-corrected chi connectivity index (χ0v) is 12.4. The fourth-order valence-corrected chi connectivity index (χ4v) is 1.70. The van der Waals surface area contributed by atoms with Crippen LogP contribution in [0.25, 0.3) is 6.08 Å². The van der Waals surface area contributed by atoms with Crippen LogP contribution in [0.5, 0.6) is 0 Å². The zero-order chi connectivity index (χ0) is 16.7. The Kier molecular flexibility index (Phi) is 5.35. The second-order valence-corrected chi connectivity index (χ2v) is 4.66. The molecule has 0 spiro atoms. The molecule has 0 radical (unpaired) electrons. The van der Waals surface area contributed by atoms with E-state index in [1.54, 1.807) is 13.0 Å². The number of carbonyl (C=O) groups is 1. The first-order chi connectivity index (χ1) is 11.1. The smallest absolute Gasteiger partial charge is 0.313 e. The van der Waals surface area contributed by atoms with E-state index in [4.69, 9.17) is 4.84 Å². The lowest BCUT2D eigenvalue weighted by Crippen LogP contribution is -2.02. The van der Waals surface area contributed by atoms with Crippen LogP contribution in [-0.2, 0) is 4.84 Å². The van der Waals surface area contributed by atoms with Gasteiger partial charge >= 0.3 is 5.97 Å². The highest BCUT2D eigenvalue weighted by Gasteiger charge is 2.10. The van der Waals surface area contributed by atoms with E-state index in [1.807, 2.05) is 36.4 Å². The van der Waals surface area contributed by atoms with E-state index in [1.165, 1.54) is 24.3 Å². The van der Waals surface area contributed by atoms with E-state index < -0.39 is 10.9 Å². The monoisotopic (exact) mass is 310 g/mol. The van der Waals surface area contributed by atoms with Gasteiger partial charge in [0.15, 0.2) is 0 Å². The normalized spacial score (nSPS) is 11.4. The van der Waals surface area contributed by atoms with Crippen LogP contribution in [0, 0.1) is 10.1 Å². The van der Waals surface area contributed by atoms with Crippen molar-refractivity contribution < 1.29 is 14.6 Å². The predicted molar refractivity (Wildman–Crippen MR) is 87.1 cm³/mol. The molecule has 2 aromatic rings. The number of nitrogens with zero attached hydrogens (tertiary/aromatic N) is 2. The maximum Gasteiger partial charge on any atom is 0.365 e. The minimum atomic E-state index is -0.674. The molecule has 0 N–H and O–H groups in total. The van der Waals surface area contributed by atoms with Gasteiger partial charge in [-0.1, -0.05) is 41.6 Å². The van der Waals surface area contributed by atoms with Crippen LogP contribution in [0.4, 0.5) is 5.69 Å². The number of hydrogen-bond donors (Lipinski definition) is 0. The van der Waals surface area contributed by atoms with Crippen LogP contribution in [-0.4, -0.2) is 16.6 Å². The van der Waals surface area contributed by atoms with Crippen molar-refractivity contribution in [2.24, 2.45) is 5.16 Å². The molecule has 0 aromatic heterocycles. The standard InChI is InChI=1S/C17H14N2O4/c1-13(7-8-14-5-3-2-4-6-14)18-23-17(20)15-9-11-16(12-10-15)19(21)22/h2-12H,1H3/b8-7+,18-13?. The van der Waals surface area contributed by atoms with Gasteiger partial charge < -0.3 is 4.84 Å². The summed E-state index contributed by atoms with van der Waals surface area (Å²) in [5.74, 6) is -0.674. The Morgan fingerprint density at radius 2 is 1.78 bits per heavy atom. The molecule has 116 valence electrons. The Bertz CT molecular complexity index is 750. The molecule has 0 bridgehead atoms. The number of carbonyl (C=O) groups excluding carboxylic acids is 1. The Morgan fingerprint density at radius 3 is 2.39 bits per heavy atom. The zero-order valence-electron chi connectivity index (χ0n) is 12.4. The number of nitro groups is 1. The van der Waals surface area contributed by atoms with Crippen LogP contribution < -0.4 is 0 Å². The van der Waals surface area contributed by atoms with Gasteiger partial charge in [-0.15, -0.1) is 0 Å². The Morgan fingerprint density at radius 1 is 1.13 bits per heavy atom. The van der Waals surface area contributed by atoms with Gasteiger partial charge in [-0.3, -0.25) is 10.1 Å². The topological polar surface area (TPSA) is 81.8 Å². The molecule has 0 unspecified atom stereocenters. The minimum absolute atomic E-state index is 0.0907. The van der Waals surface area contributed by atoms with Gasteiger partial charge in [-0.05, 0) is 30.7 Å². The summed E-state index contributed by atoms with van der Waals surface area (Å²) < 4.78 is 0. The van der Waals surface area contributed by atoms with E-state index in [0.717, 1.165) is 5.56 Å². The quantitative estimate of drug-likeness (QED) is 0.363. The fraction of sp³-hybridized carbons (Fsp3) is 0.0588. The Hall–Kier alpha value is -3.28. The summed E-state index contributed by atoms with van der Waals surface area (Å²) in [7, 11) is 0. The summed E-state index contributed by atoms with van der Waals surface area (Å²) in [6.07, 6.45) is 3.57. The lowest BCUT2D eigenvalue weighted by atomic mass is 10.2. The third-order valence-corrected chi connectivity index (χ3v) is 2.90. The van der Waals surface area contributed by atoms with Crippen molar-refractivity contribution in [1.29, 1.82) is 0 Å². The lowest BCUT2D eigenvalue weighted by Gasteiger charge is -1.98. The Balaban J connectivity index is 1.97. The average molecular weight is 310 g/mol. The second kappa shape index (κ2) is 7.65. The highest BCUT2D eigenvalue weighted by Crippen LogP contribution is 2.12. The van der Waals surface area contributed by atoms with Crippen LogP contribution in [0.1, 0.15) is 22.8 Å². The van der Waals surface area contributed by atoms with Crippen molar-refractivity contribution >= 4 is 23.4 Å². The van der Waals surface area contributed by atoms with E-state index in [9.17, 15) is 14.9 Å². The Labute approximate surface area is 132 Å². The summed E-state index contributed by atoms with van der Waals surface area (Å²) >= 11 is 0. The van der Waals surface area contributed by atoms with Crippen LogP contribution in [0.3, 0.4) is 0 Å². The van der Waals surface area contributed by atoms with Gasteiger partial charge in [-0.25, -0.2) is 4.79 Å². The van der Waals surface area contributed by atoms with Gasteiger partial charge in [0.1, 0.15) is 0 Å². The molecule has 2 aromatic carbocycles. The molecule has 0 aliphatic carbocycles. The molecule has 0 fully saturated rings. The van der Waals surface area contributed by atoms with Crippen molar-refractivity contribution in [3.63, 3.8) is 0 Å². The number of benzene rings is 2. The first-order valence-corrected chi connectivity index (χ1v) is 6.80. The number of oxime groups is 1. The van der Waals surface area contributed by atoms with Crippen LogP contribution in [0.15, 0.2) is 65.8 Å². The second-order valence-electron chi connectivity index (χ2n) is 4.66. The van der Waals surface area contributed by atoms with Crippen molar-refractivity contribution in [2.45, 2.75) is 6.92 Å². The largest absolute Gasteiger partial charge is 0.365 e. The van der Waals surface area contributed by atoms with Gasteiger partial charge in [0.05, 0.1) is 16.2 Å². The molecular formula is C17H14N2O4. The third-order valence-electron chi connectivity index (χ3n) is 2.90. The molecule has 6 nitrogen and oxygen atoms in total. The molecule has 0 aliphatic rings. The van der Waals surface area contributed by atoms with Gasteiger partial charge in [0.2, 0.25) is 0 Å². The average Bonchev–Trinajstić information content (AvgIpc) is 2.58. The van der Waals surface area contributed by atoms with Gasteiger partial charge in [-0.2, -0.15) is 0 Å². The number of hydrogen-bond acceptors (Lipinski definition) is 5. The van der Waals surface area contributed by atoms with Crippen molar-refractivity contribution in [2.75, 3.05) is 0 Å². The highest BCUT2D eigenvalue weighted by atomic mass is 16.7. The molecule has 0 saturated heterocycles. The molecule has 0 saturated carbocycles. The number of nitro benzene ring substituents is 1. The summed E-state index contributed by atoms with van der Waals surface area (Å²) in [5.41, 5.74) is 1.62. The summed E-state index contributed by atoms with van der Waals surface area (Å²) in [6, 6.07) is 14.8. The first-order valence-electron chi connectivity index (χ1n) is 6.80. The van der Waals surface area contributed by atoms with Crippen molar-refractivity contribution in [3.05, 3.63) is 81.9 Å². The summed E-state index contributed by atoms with van der Waals surface area (Å²) in [4.78, 5) is 26.6. The lowest BCUT2D eigenvalue weighted by molar-refractivity contribution is -0.384. The summed E-state index contributed by atoms with van der Waals surface area (Å²) in [6.45, 7) is 1.70. The molecule has 6 heteroatoms. The minimum Gasteiger partial charge on any atom is -0.313 e. The molecule has 0 amide bonds. The van der Waals surface area contributed by atoms with Crippen LogP contribution in [0.2, 0.25) is 0 Å². The number of rotatable bonds is 5. The fourth-order valence-electron chi connectivity index (χ4n) is 1.70. The molecular weight excluding hydrogens is 296 g/mol. The SMILES string of the molecule is CC(/C=C/c1ccccc1)=NOC(=O)c1ccc([N+](=O)[O-])cc1. The first kappa shape index (κ1) is 16.1. The van der Waals surface area contributed by atoms with E-state index in [-0.39, 0.29) is 11.3 Å². The third kappa shape index (κ3) is 4.89. The molecule has 23 heavy (non-hydrogen) atoms. The predicted octanol–water partition coefficient (Wildman–Crippen LogP) is 3.84. The van der Waals surface area contributed by atoms with Gasteiger partial charge in [0.25, 0.3) is 5.69 Å².